The highest BCUT2D eigenvalue weighted by Gasteiger charge is 2.26. The van der Waals surface area contributed by atoms with E-state index < -0.39 is 11.9 Å². The van der Waals surface area contributed by atoms with E-state index in [1.165, 1.54) is 9.13 Å². The second kappa shape index (κ2) is 11.5. The molecule has 12 nitrogen and oxygen atoms in total. The van der Waals surface area contributed by atoms with Crippen molar-refractivity contribution < 1.29 is 10.2 Å². The molecule has 214 valence electrons. The molecule has 0 aliphatic rings. The molecule has 8 N–H and O–H groups in total. The Bertz CT molecular complexity index is 1810. The maximum absolute atomic E-state index is 11.0. The predicted octanol–water partition coefficient (Wildman–Crippen LogP) is 7.67. The summed E-state index contributed by atoms with van der Waals surface area (Å²) in [5.74, 6) is -1.58. The number of para-hydroxylation sites is 2. The molecule has 0 radical (unpaired) electrons. The van der Waals surface area contributed by atoms with E-state index in [2.05, 4.69) is 20.5 Å². The van der Waals surface area contributed by atoms with Crippen molar-refractivity contribution >= 4 is 91.5 Å². The lowest BCUT2D eigenvalue weighted by Gasteiger charge is -2.18. The van der Waals surface area contributed by atoms with Crippen molar-refractivity contribution in [2.45, 2.75) is 13.1 Å². The minimum Gasteiger partial charge on any atom is -0.493 e. The van der Waals surface area contributed by atoms with Crippen molar-refractivity contribution in [1.29, 1.82) is 10.8 Å². The monoisotopic (exact) mass is 644 g/mol. The molecule has 0 saturated heterocycles. The molecule has 0 amide bonds. The van der Waals surface area contributed by atoms with Crippen molar-refractivity contribution in [3.63, 3.8) is 0 Å². The van der Waals surface area contributed by atoms with E-state index in [1.807, 2.05) is 0 Å². The second-order valence-electron chi connectivity index (χ2n) is 8.93. The third-order valence-electron chi connectivity index (χ3n) is 6.43. The molecule has 0 unspecified atom stereocenters. The number of fused-ring (bicyclic) bond motifs is 2. The largest absolute Gasteiger partial charge is 0.493 e. The van der Waals surface area contributed by atoms with Crippen LogP contribution in [-0.2, 0) is 13.1 Å². The average Bonchev–Trinajstić information content (AvgIpc) is 3.38. The zero-order valence-electron chi connectivity index (χ0n) is 21.3. The summed E-state index contributed by atoms with van der Waals surface area (Å²) in [6.45, 7) is -0.0980. The van der Waals surface area contributed by atoms with Gasteiger partial charge in [-0.1, -0.05) is 82.8 Å². The number of nitrogens with two attached hydrogens (primary N) is 2. The van der Waals surface area contributed by atoms with Gasteiger partial charge in [-0.25, -0.2) is 0 Å². The standard InChI is InChI=1S/C26H20Cl4N10O2/c27-17-13(9-39-15-7-3-1-5-11(15)21(23(39)41)35-37-25(31)32)18(28)20(30)14(19(17)29)10-40-16-8-4-2-6-12(16)22(24(40)42)36-38-26(33)34/h1-8,41-42H,9-10H2,(H3,31,32)(H3,33,34). The first-order valence-corrected chi connectivity index (χ1v) is 13.5. The van der Waals surface area contributed by atoms with Crippen LogP contribution in [0.2, 0.25) is 20.1 Å². The number of benzene rings is 3. The van der Waals surface area contributed by atoms with Gasteiger partial charge in [-0.05, 0) is 12.1 Å². The fraction of sp³-hybridized carbons (Fsp3) is 0.0769. The van der Waals surface area contributed by atoms with Crippen LogP contribution in [-0.4, -0.2) is 31.3 Å². The summed E-state index contributed by atoms with van der Waals surface area (Å²) in [6, 6.07) is 14.0. The van der Waals surface area contributed by atoms with Gasteiger partial charge in [-0.2, -0.15) is 0 Å². The molecule has 0 aliphatic carbocycles. The minimum absolute atomic E-state index is 0.0490. The highest BCUT2D eigenvalue weighted by Crippen LogP contribution is 2.46. The van der Waals surface area contributed by atoms with Gasteiger partial charge in [-0.15, -0.1) is 20.5 Å². The number of rotatable bonds is 6. The van der Waals surface area contributed by atoms with Crippen molar-refractivity contribution in [2.75, 3.05) is 0 Å². The SMILES string of the molecule is N=C(N)N=Nc1c(O)n(Cc2c(Cl)c(Cl)c(Cn3c(O)c(N=NC(=N)N)c4ccccc43)c(Cl)c2Cl)c2ccccc12. The lowest BCUT2D eigenvalue weighted by Crippen LogP contribution is -2.06. The molecule has 5 rings (SSSR count). The highest BCUT2D eigenvalue weighted by atomic mass is 35.5. The van der Waals surface area contributed by atoms with Crippen LogP contribution in [0.5, 0.6) is 11.8 Å². The predicted molar refractivity (Wildman–Crippen MR) is 165 cm³/mol. The molecular formula is C26H20Cl4N10O2. The van der Waals surface area contributed by atoms with Gasteiger partial charge in [0.15, 0.2) is 11.4 Å². The molecule has 3 aromatic carbocycles. The molecule has 0 saturated carbocycles. The van der Waals surface area contributed by atoms with E-state index in [4.69, 9.17) is 68.7 Å². The molecule has 0 spiro atoms. The summed E-state index contributed by atoms with van der Waals surface area (Å²) in [5.41, 5.74) is 12.6. The molecule has 2 heterocycles. The fourth-order valence-corrected chi connectivity index (χ4v) is 5.75. The molecule has 2 aromatic heterocycles. The van der Waals surface area contributed by atoms with Gasteiger partial charge < -0.3 is 30.8 Å². The maximum Gasteiger partial charge on any atom is 0.232 e. The first-order valence-electron chi connectivity index (χ1n) is 12.0. The normalized spacial score (nSPS) is 11.9. The summed E-state index contributed by atoms with van der Waals surface area (Å²) in [4.78, 5) is 0. The summed E-state index contributed by atoms with van der Waals surface area (Å²) in [7, 11) is 0. The van der Waals surface area contributed by atoms with Crippen LogP contribution in [0.1, 0.15) is 11.1 Å². The lowest BCUT2D eigenvalue weighted by atomic mass is 10.1. The van der Waals surface area contributed by atoms with E-state index in [1.54, 1.807) is 48.5 Å². The summed E-state index contributed by atoms with van der Waals surface area (Å²) in [5, 5.41) is 53.1. The lowest BCUT2D eigenvalue weighted by molar-refractivity contribution is 0.428. The molecule has 0 fully saturated rings. The van der Waals surface area contributed by atoms with Crippen LogP contribution >= 0.6 is 46.4 Å². The molecule has 42 heavy (non-hydrogen) atoms. The Balaban J connectivity index is 1.61. The Hall–Kier alpha value is -4.36. The van der Waals surface area contributed by atoms with Crippen LogP contribution in [0.4, 0.5) is 11.4 Å². The van der Waals surface area contributed by atoms with Gasteiger partial charge in [0.2, 0.25) is 23.7 Å². The van der Waals surface area contributed by atoms with E-state index >= 15 is 0 Å². The van der Waals surface area contributed by atoms with Crippen LogP contribution in [0.25, 0.3) is 21.8 Å². The summed E-state index contributed by atoms with van der Waals surface area (Å²) < 4.78 is 3.00. The zero-order chi connectivity index (χ0) is 30.3. The number of hydrogen-bond donors (Lipinski definition) is 6. The highest BCUT2D eigenvalue weighted by molar-refractivity contribution is 6.49. The van der Waals surface area contributed by atoms with Crippen LogP contribution < -0.4 is 11.5 Å². The van der Waals surface area contributed by atoms with Gasteiger partial charge in [0.05, 0.1) is 44.2 Å². The second-order valence-corrected chi connectivity index (χ2v) is 10.4. The molecule has 0 aliphatic heterocycles. The number of aromatic hydroxyl groups is 2. The van der Waals surface area contributed by atoms with Gasteiger partial charge in [0, 0.05) is 21.9 Å². The van der Waals surface area contributed by atoms with Gasteiger partial charge in [0.1, 0.15) is 0 Å². The first-order chi connectivity index (χ1) is 20.0. The molecular weight excluding hydrogens is 626 g/mol. The molecule has 0 bridgehead atoms. The molecule has 16 heteroatoms. The van der Waals surface area contributed by atoms with Crippen molar-refractivity contribution in [1.82, 2.24) is 9.13 Å². The maximum atomic E-state index is 11.0. The smallest absolute Gasteiger partial charge is 0.232 e. The number of azo groups is 2. The number of nitrogens with one attached hydrogen (secondary N) is 2. The molecule has 5 aromatic rings. The average molecular weight is 646 g/mol. The van der Waals surface area contributed by atoms with Crippen molar-refractivity contribution in [3.8, 4) is 11.8 Å². The Morgan fingerprint density at radius 3 is 1.31 bits per heavy atom. The van der Waals surface area contributed by atoms with Crippen LogP contribution in [0.15, 0.2) is 69.0 Å². The van der Waals surface area contributed by atoms with E-state index in [0.717, 1.165) is 0 Å². The number of aromatic nitrogens is 2. The topological polar surface area (TPSA) is 200 Å². The first kappa shape index (κ1) is 29.1. The number of guanidine groups is 2. The third-order valence-corrected chi connectivity index (χ3v) is 8.29. The van der Waals surface area contributed by atoms with Crippen molar-refractivity contribution in [2.24, 2.45) is 31.9 Å². The van der Waals surface area contributed by atoms with E-state index in [9.17, 15) is 10.2 Å². The number of halogens is 4. The fourth-order valence-electron chi connectivity index (χ4n) is 4.58. The van der Waals surface area contributed by atoms with Gasteiger partial charge in [0.25, 0.3) is 0 Å². The Kier molecular flexibility index (Phi) is 7.97. The summed E-state index contributed by atoms with van der Waals surface area (Å²) >= 11 is 27.0. The van der Waals surface area contributed by atoms with Crippen LogP contribution in [0, 0.1) is 10.8 Å². The Morgan fingerprint density at radius 1 is 0.643 bits per heavy atom. The quantitative estimate of drug-likeness (QED) is 0.0476. The minimum atomic E-state index is -0.526. The number of nitrogens with zero attached hydrogens (tertiary/aromatic N) is 6. The van der Waals surface area contributed by atoms with Gasteiger partial charge >= 0.3 is 0 Å². The Morgan fingerprint density at radius 2 is 0.976 bits per heavy atom. The van der Waals surface area contributed by atoms with E-state index in [-0.39, 0.29) is 56.3 Å². The van der Waals surface area contributed by atoms with Gasteiger partial charge in [-0.3, -0.25) is 10.8 Å². The van der Waals surface area contributed by atoms with Crippen molar-refractivity contribution in [3.05, 3.63) is 79.7 Å². The third kappa shape index (κ3) is 5.09. The van der Waals surface area contributed by atoms with E-state index in [0.29, 0.717) is 32.9 Å². The number of hydrogen-bond acceptors (Lipinski definition) is 6. The van der Waals surface area contributed by atoms with Crippen LogP contribution in [0.3, 0.4) is 0 Å². The zero-order valence-corrected chi connectivity index (χ0v) is 24.3. The Labute approximate surface area is 257 Å². The summed E-state index contributed by atoms with van der Waals surface area (Å²) in [6.07, 6.45) is 0. The molecule has 0 atom stereocenters.